The molecule has 29 heavy (non-hydrogen) atoms. The molecule has 0 saturated heterocycles. The quantitative estimate of drug-likeness (QED) is 0.437. The topological polar surface area (TPSA) is 71.3 Å². The van der Waals surface area contributed by atoms with Gasteiger partial charge in [0.05, 0.1) is 50.4 Å². The molecule has 3 heterocycles. The van der Waals surface area contributed by atoms with Gasteiger partial charge in [0.2, 0.25) is 0 Å². The van der Waals surface area contributed by atoms with E-state index in [0.29, 0.717) is 39.3 Å². The van der Waals surface area contributed by atoms with Crippen LogP contribution >= 0.6 is 0 Å². The second-order valence-corrected chi connectivity index (χ2v) is 6.67. The average Bonchev–Trinajstić information content (AvgIpc) is 3.09. The molecule has 146 valence electrons. The molecule has 7 nitrogen and oxygen atoms in total. The van der Waals surface area contributed by atoms with E-state index in [1.165, 1.54) is 0 Å². The van der Waals surface area contributed by atoms with E-state index in [0.717, 1.165) is 21.8 Å². The Morgan fingerprint density at radius 1 is 0.724 bits per heavy atom. The summed E-state index contributed by atoms with van der Waals surface area (Å²) in [6.07, 6.45) is 1.74. The van der Waals surface area contributed by atoms with Crippen molar-refractivity contribution in [2.24, 2.45) is 0 Å². The fourth-order valence-corrected chi connectivity index (χ4v) is 4.07. The van der Waals surface area contributed by atoms with Crippen molar-refractivity contribution in [2.45, 2.75) is 0 Å². The summed E-state index contributed by atoms with van der Waals surface area (Å²) in [4.78, 5) is 18.2. The van der Waals surface area contributed by atoms with E-state index in [2.05, 4.69) is 4.98 Å². The maximum absolute atomic E-state index is 13.6. The predicted octanol–water partition coefficient (Wildman–Crippen LogP) is 3.63. The number of hydrogen-bond donors (Lipinski definition) is 0. The summed E-state index contributed by atoms with van der Waals surface area (Å²) in [5.74, 6) is 2.20. The Hall–Kier alpha value is -3.74. The molecule has 0 spiro atoms. The van der Waals surface area contributed by atoms with Gasteiger partial charge in [0.1, 0.15) is 0 Å². The van der Waals surface area contributed by atoms with E-state index >= 15 is 0 Å². The summed E-state index contributed by atoms with van der Waals surface area (Å²) >= 11 is 0. The number of benzene rings is 2. The van der Waals surface area contributed by atoms with E-state index in [4.69, 9.17) is 18.9 Å². The number of hydrogen-bond acceptors (Lipinski definition) is 6. The lowest BCUT2D eigenvalue weighted by Crippen LogP contribution is -2.13. The fourth-order valence-electron chi connectivity index (χ4n) is 4.07. The molecule has 5 aromatic rings. The zero-order valence-electron chi connectivity index (χ0n) is 16.4. The number of rotatable bonds is 4. The van der Waals surface area contributed by atoms with Gasteiger partial charge in [0.15, 0.2) is 23.0 Å². The maximum atomic E-state index is 13.6. The first-order valence-electron chi connectivity index (χ1n) is 8.99. The van der Waals surface area contributed by atoms with Crippen LogP contribution in [-0.4, -0.2) is 37.8 Å². The average molecular weight is 390 g/mol. The zero-order chi connectivity index (χ0) is 20.3. The molecule has 0 aliphatic rings. The largest absolute Gasteiger partial charge is 0.493 e. The first-order chi connectivity index (χ1) is 14.1. The molecule has 0 radical (unpaired) electrons. The van der Waals surface area contributed by atoms with Crippen LogP contribution in [0.3, 0.4) is 0 Å². The van der Waals surface area contributed by atoms with Gasteiger partial charge >= 0.3 is 0 Å². The van der Waals surface area contributed by atoms with Gasteiger partial charge in [0.25, 0.3) is 5.56 Å². The summed E-state index contributed by atoms with van der Waals surface area (Å²) in [6, 6.07) is 9.12. The second kappa shape index (κ2) is 6.13. The van der Waals surface area contributed by atoms with Crippen LogP contribution in [0.25, 0.3) is 38.1 Å². The first kappa shape index (κ1) is 17.4. The Labute approximate surface area is 165 Å². The number of ether oxygens (including phenoxy) is 4. The van der Waals surface area contributed by atoms with Crippen LogP contribution in [0.5, 0.6) is 23.0 Å². The summed E-state index contributed by atoms with van der Waals surface area (Å²) in [7, 11) is 6.28. The lowest BCUT2D eigenvalue weighted by molar-refractivity contribution is 0.355. The van der Waals surface area contributed by atoms with Crippen LogP contribution in [0.15, 0.2) is 41.3 Å². The third-order valence-corrected chi connectivity index (χ3v) is 5.39. The minimum Gasteiger partial charge on any atom is -0.493 e. The smallest absolute Gasteiger partial charge is 0.263 e. The summed E-state index contributed by atoms with van der Waals surface area (Å²) in [5, 5.41) is 3.02. The molecule has 0 N–H and O–H groups in total. The molecule has 0 bridgehead atoms. The molecular weight excluding hydrogens is 372 g/mol. The minimum atomic E-state index is -0.159. The van der Waals surface area contributed by atoms with Gasteiger partial charge in [-0.1, -0.05) is 0 Å². The van der Waals surface area contributed by atoms with Crippen molar-refractivity contribution in [3.05, 3.63) is 46.9 Å². The number of aromatic nitrogens is 2. The van der Waals surface area contributed by atoms with Gasteiger partial charge in [-0.05, 0) is 24.3 Å². The van der Waals surface area contributed by atoms with Crippen LogP contribution in [-0.2, 0) is 0 Å². The summed E-state index contributed by atoms with van der Waals surface area (Å²) < 4.78 is 23.4. The van der Waals surface area contributed by atoms with E-state index < -0.39 is 0 Å². The van der Waals surface area contributed by atoms with Crippen molar-refractivity contribution < 1.29 is 18.9 Å². The van der Waals surface area contributed by atoms with Gasteiger partial charge in [-0.25, -0.2) is 0 Å². The van der Waals surface area contributed by atoms with Crippen molar-refractivity contribution in [3.63, 3.8) is 0 Å². The lowest BCUT2D eigenvalue weighted by Gasteiger charge is -2.11. The number of nitrogens with zero attached hydrogens (tertiary/aromatic N) is 2. The van der Waals surface area contributed by atoms with Gasteiger partial charge in [-0.15, -0.1) is 0 Å². The zero-order valence-corrected chi connectivity index (χ0v) is 16.4. The Morgan fingerprint density at radius 3 is 1.90 bits per heavy atom. The van der Waals surface area contributed by atoms with Crippen LogP contribution in [0.1, 0.15) is 0 Å². The third kappa shape index (κ3) is 2.18. The summed E-state index contributed by atoms with van der Waals surface area (Å²) in [6.45, 7) is 0. The van der Waals surface area contributed by atoms with Gasteiger partial charge in [-0.3, -0.25) is 14.2 Å². The van der Waals surface area contributed by atoms with E-state index in [1.54, 1.807) is 51.2 Å². The molecule has 5 rings (SSSR count). The van der Waals surface area contributed by atoms with Crippen molar-refractivity contribution >= 4 is 38.1 Å². The Bertz CT molecular complexity index is 1470. The highest BCUT2D eigenvalue weighted by Gasteiger charge is 2.21. The highest BCUT2D eigenvalue weighted by molar-refractivity contribution is 6.19. The number of pyridine rings is 2. The lowest BCUT2D eigenvalue weighted by atomic mass is 10.1. The molecule has 2 aromatic carbocycles. The maximum Gasteiger partial charge on any atom is 0.263 e. The summed E-state index contributed by atoms with van der Waals surface area (Å²) in [5.41, 5.74) is 2.04. The first-order valence-corrected chi connectivity index (χ1v) is 8.99. The highest BCUT2D eigenvalue weighted by atomic mass is 16.5. The van der Waals surface area contributed by atoms with E-state index in [-0.39, 0.29) is 5.56 Å². The van der Waals surface area contributed by atoms with Crippen LogP contribution < -0.4 is 24.5 Å². The van der Waals surface area contributed by atoms with Crippen LogP contribution in [0.4, 0.5) is 0 Å². The number of methoxy groups -OCH3 is 4. The van der Waals surface area contributed by atoms with Crippen LogP contribution in [0, 0.1) is 0 Å². The molecular formula is C22H18N2O5. The van der Waals surface area contributed by atoms with Crippen molar-refractivity contribution in [3.8, 4) is 23.0 Å². The molecule has 0 fully saturated rings. The van der Waals surface area contributed by atoms with Gasteiger partial charge in [0, 0.05) is 28.4 Å². The van der Waals surface area contributed by atoms with E-state index in [1.807, 2.05) is 18.2 Å². The molecule has 3 aromatic heterocycles. The fraction of sp³-hybridized carbons (Fsp3) is 0.182. The standard InChI is InChI=1S/C22H18N2O5/c1-26-16-7-12-11-5-6-23-20-13-8-17(27-2)18(28-3)9-14(13)22(25)24(21(11)20)15(12)10-19(16)29-4/h5-10H,1-4H3. The third-order valence-electron chi connectivity index (χ3n) is 5.39. The molecule has 0 aliphatic heterocycles. The molecule has 0 amide bonds. The SMILES string of the molecule is COc1cc2c(=O)n3c4cc(OC)c(OC)cc4c4ccnc(c2cc1OC)c43. The second-order valence-electron chi connectivity index (χ2n) is 6.67. The Balaban J connectivity index is 2.09. The van der Waals surface area contributed by atoms with Crippen LogP contribution in [0.2, 0.25) is 0 Å². The van der Waals surface area contributed by atoms with E-state index in [9.17, 15) is 4.79 Å². The normalized spacial score (nSPS) is 11.6. The van der Waals surface area contributed by atoms with Crippen molar-refractivity contribution in [2.75, 3.05) is 28.4 Å². The molecule has 0 saturated carbocycles. The molecule has 0 aliphatic carbocycles. The van der Waals surface area contributed by atoms with Gasteiger partial charge < -0.3 is 18.9 Å². The molecule has 7 heteroatoms. The number of fused-ring (bicyclic) bond motifs is 5. The molecule has 0 unspecified atom stereocenters. The van der Waals surface area contributed by atoms with Crippen molar-refractivity contribution in [1.82, 2.24) is 9.38 Å². The molecule has 0 atom stereocenters. The predicted molar refractivity (Wildman–Crippen MR) is 111 cm³/mol. The Kier molecular flexibility index (Phi) is 3.67. The highest BCUT2D eigenvalue weighted by Crippen LogP contribution is 2.40. The monoisotopic (exact) mass is 390 g/mol. The van der Waals surface area contributed by atoms with Gasteiger partial charge in [-0.2, -0.15) is 0 Å². The minimum absolute atomic E-state index is 0.159. The Morgan fingerprint density at radius 2 is 1.28 bits per heavy atom. The van der Waals surface area contributed by atoms with Crippen molar-refractivity contribution in [1.29, 1.82) is 0 Å².